The minimum Gasteiger partial charge on any atom is -0.486 e. The van der Waals surface area contributed by atoms with Gasteiger partial charge in [0.1, 0.15) is 13.2 Å². The minimum atomic E-state index is -3.43. The quantitative estimate of drug-likeness (QED) is 0.650. The van der Waals surface area contributed by atoms with Crippen molar-refractivity contribution in [1.82, 2.24) is 5.32 Å². The average molecular weight is 484 g/mol. The van der Waals surface area contributed by atoms with Gasteiger partial charge in [0.25, 0.3) is 5.91 Å². The highest BCUT2D eigenvalue weighted by atomic mass is 79.9. The molecule has 1 amide bonds. The third kappa shape index (κ3) is 5.09. The van der Waals surface area contributed by atoms with Gasteiger partial charge < -0.3 is 19.5 Å². The van der Waals surface area contributed by atoms with E-state index in [-0.39, 0.29) is 29.2 Å². The second-order valence-electron chi connectivity index (χ2n) is 6.55. The summed E-state index contributed by atoms with van der Waals surface area (Å²) in [6.45, 7) is 2.96. The lowest BCUT2D eigenvalue weighted by molar-refractivity contribution is 0.0939. The zero-order valence-corrected chi connectivity index (χ0v) is 18.5. The first kappa shape index (κ1) is 21.6. The molecule has 1 aliphatic heterocycles. The second kappa shape index (κ2) is 9.15. The Morgan fingerprint density at radius 2 is 1.79 bits per heavy atom. The van der Waals surface area contributed by atoms with Gasteiger partial charge in [-0.25, -0.2) is 8.42 Å². The van der Waals surface area contributed by atoms with Crippen LogP contribution in [0.25, 0.3) is 0 Å². The monoisotopic (exact) mass is 483 g/mol. The SMILES string of the molecule is COCCS(=O)(=O)c1ccc(C(=O)NC(C)c2cc3c(cc2Br)OCCO3)cc1. The van der Waals surface area contributed by atoms with Gasteiger partial charge in [-0.3, -0.25) is 4.79 Å². The fourth-order valence-corrected chi connectivity index (χ4v) is 4.73. The summed E-state index contributed by atoms with van der Waals surface area (Å²) in [4.78, 5) is 12.8. The summed E-state index contributed by atoms with van der Waals surface area (Å²) >= 11 is 3.51. The van der Waals surface area contributed by atoms with Crippen LogP contribution >= 0.6 is 15.9 Å². The van der Waals surface area contributed by atoms with E-state index >= 15 is 0 Å². The van der Waals surface area contributed by atoms with Crippen molar-refractivity contribution in [2.75, 3.05) is 32.7 Å². The zero-order chi connectivity index (χ0) is 21.0. The van der Waals surface area contributed by atoms with Gasteiger partial charge in [-0.05, 0) is 48.9 Å². The minimum absolute atomic E-state index is 0.107. The maximum absolute atomic E-state index is 12.6. The topological polar surface area (TPSA) is 90.9 Å². The molecule has 0 aliphatic carbocycles. The summed E-state index contributed by atoms with van der Waals surface area (Å²) < 4.78 is 41.2. The summed E-state index contributed by atoms with van der Waals surface area (Å²) in [6.07, 6.45) is 0. The van der Waals surface area contributed by atoms with Crippen molar-refractivity contribution >= 4 is 31.7 Å². The van der Waals surface area contributed by atoms with Crippen molar-refractivity contribution in [1.29, 1.82) is 0 Å². The standard InChI is InChI=1S/C20H22BrNO6S/c1-13(16-11-18-19(12-17(16)21)28-8-7-27-18)22-20(23)14-3-5-15(6-4-14)29(24,25)10-9-26-2/h3-6,11-13H,7-10H2,1-2H3,(H,22,23). The Morgan fingerprint density at radius 3 is 2.41 bits per heavy atom. The molecule has 1 atom stereocenters. The molecule has 29 heavy (non-hydrogen) atoms. The number of ether oxygens (including phenoxy) is 3. The van der Waals surface area contributed by atoms with E-state index < -0.39 is 9.84 Å². The molecule has 7 nitrogen and oxygen atoms in total. The molecule has 0 spiro atoms. The van der Waals surface area contributed by atoms with Crippen LogP contribution in [0.4, 0.5) is 0 Å². The number of halogens is 1. The van der Waals surface area contributed by atoms with Crippen molar-refractivity contribution in [2.24, 2.45) is 0 Å². The average Bonchev–Trinajstić information content (AvgIpc) is 2.71. The molecule has 9 heteroatoms. The molecule has 3 rings (SSSR count). The van der Waals surface area contributed by atoms with E-state index in [1.54, 1.807) is 0 Å². The van der Waals surface area contributed by atoms with E-state index in [4.69, 9.17) is 14.2 Å². The Labute approximate surface area is 178 Å². The summed E-state index contributed by atoms with van der Waals surface area (Å²) in [6, 6.07) is 9.23. The predicted octanol–water partition coefficient (Wildman–Crippen LogP) is 3.13. The summed E-state index contributed by atoms with van der Waals surface area (Å²) in [5.74, 6) is 0.890. The summed E-state index contributed by atoms with van der Waals surface area (Å²) in [7, 11) is -1.99. The normalized spacial score (nSPS) is 14.3. The molecule has 0 fully saturated rings. The number of sulfone groups is 1. The van der Waals surface area contributed by atoms with Gasteiger partial charge in [-0.2, -0.15) is 0 Å². The Morgan fingerprint density at radius 1 is 1.17 bits per heavy atom. The number of hydrogen-bond acceptors (Lipinski definition) is 6. The highest BCUT2D eigenvalue weighted by Crippen LogP contribution is 2.37. The van der Waals surface area contributed by atoms with Crippen LogP contribution in [0.1, 0.15) is 28.9 Å². The van der Waals surface area contributed by atoms with E-state index in [0.717, 1.165) is 10.0 Å². The molecule has 2 aromatic carbocycles. The van der Waals surface area contributed by atoms with E-state index in [1.165, 1.54) is 31.4 Å². The van der Waals surface area contributed by atoms with Gasteiger partial charge in [-0.1, -0.05) is 15.9 Å². The number of hydrogen-bond donors (Lipinski definition) is 1. The van der Waals surface area contributed by atoms with Crippen LogP contribution in [0.3, 0.4) is 0 Å². The number of carbonyl (C=O) groups excluding carboxylic acids is 1. The number of amides is 1. The Hall–Kier alpha value is -2.10. The van der Waals surface area contributed by atoms with Gasteiger partial charge in [-0.15, -0.1) is 0 Å². The van der Waals surface area contributed by atoms with E-state index in [2.05, 4.69) is 21.2 Å². The van der Waals surface area contributed by atoms with Gasteiger partial charge >= 0.3 is 0 Å². The predicted molar refractivity (Wildman–Crippen MR) is 111 cm³/mol. The van der Waals surface area contributed by atoms with Crippen molar-refractivity contribution in [3.8, 4) is 11.5 Å². The van der Waals surface area contributed by atoms with Crippen LogP contribution in [0.2, 0.25) is 0 Å². The van der Waals surface area contributed by atoms with Crippen LogP contribution in [0, 0.1) is 0 Å². The lowest BCUT2D eigenvalue weighted by atomic mass is 10.1. The molecular formula is C20H22BrNO6S. The summed E-state index contributed by atoms with van der Waals surface area (Å²) in [5, 5.41) is 2.92. The maximum atomic E-state index is 12.6. The fourth-order valence-electron chi connectivity index (χ4n) is 2.89. The first-order chi connectivity index (χ1) is 13.8. The lowest BCUT2D eigenvalue weighted by Crippen LogP contribution is -2.27. The van der Waals surface area contributed by atoms with Crippen LogP contribution in [0.15, 0.2) is 45.8 Å². The molecule has 0 radical (unpaired) electrons. The molecule has 0 saturated carbocycles. The number of methoxy groups -OCH3 is 1. The van der Waals surface area contributed by atoms with Crippen molar-refractivity contribution < 1.29 is 27.4 Å². The number of benzene rings is 2. The first-order valence-electron chi connectivity index (χ1n) is 9.03. The number of fused-ring (bicyclic) bond motifs is 1. The second-order valence-corrected chi connectivity index (χ2v) is 9.51. The molecule has 156 valence electrons. The van der Waals surface area contributed by atoms with Gasteiger partial charge in [0.15, 0.2) is 21.3 Å². The molecule has 0 bridgehead atoms. The Balaban J connectivity index is 1.72. The van der Waals surface area contributed by atoms with Crippen LogP contribution < -0.4 is 14.8 Å². The number of rotatable bonds is 7. The first-order valence-corrected chi connectivity index (χ1v) is 11.5. The lowest BCUT2D eigenvalue weighted by Gasteiger charge is -2.22. The van der Waals surface area contributed by atoms with Crippen LogP contribution in [0.5, 0.6) is 11.5 Å². The van der Waals surface area contributed by atoms with Crippen LogP contribution in [-0.4, -0.2) is 47.0 Å². The molecule has 0 saturated heterocycles. The smallest absolute Gasteiger partial charge is 0.251 e. The third-order valence-corrected chi connectivity index (χ3v) is 6.89. The van der Waals surface area contributed by atoms with E-state index in [1.807, 2.05) is 19.1 Å². The Kier molecular flexibility index (Phi) is 6.81. The summed E-state index contributed by atoms with van der Waals surface area (Å²) in [5.41, 5.74) is 1.22. The Bertz CT molecular complexity index is 991. The van der Waals surface area contributed by atoms with Crippen molar-refractivity contribution in [3.05, 3.63) is 52.0 Å². The highest BCUT2D eigenvalue weighted by Gasteiger charge is 2.20. The number of carbonyl (C=O) groups is 1. The number of nitrogens with one attached hydrogen (secondary N) is 1. The highest BCUT2D eigenvalue weighted by molar-refractivity contribution is 9.10. The molecule has 0 aromatic heterocycles. The van der Waals surface area contributed by atoms with Gasteiger partial charge in [0.05, 0.1) is 23.3 Å². The van der Waals surface area contributed by atoms with E-state index in [9.17, 15) is 13.2 Å². The van der Waals surface area contributed by atoms with Crippen molar-refractivity contribution in [2.45, 2.75) is 17.9 Å². The fraction of sp³-hybridized carbons (Fsp3) is 0.350. The molecule has 1 unspecified atom stereocenters. The molecular weight excluding hydrogens is 462 g/mol. The van der Waals surface area contributed by atoms with E-state index in [0.29, 0.717) is 30.3 Å². The van der Waals surface area contributed by atoms with Gasteiger partial charge in [0, 0.05) is 17.1 Å². The molecule has 2 aromatic rings. The van der Waals surface area contributed by atoms with Crippen LogP contribution in [-0.2, 0) is 14.6 Å². The zero-order valence-electron chi connectivity index (χ0n) is 16.1. The van der Waals surface area contributed by atoms with Crippen molar-refractivity contribution in [3.63, 3.8) is 0 Å². The molecule has 1 N–H and O–H groups in total. The molecule has 1 aliphatic rings. The van der Waals surface area contributed by atoms with Gasteiger partial charge in [0.2, 0.25) is 0 Å². The third-order valence-electron chi connectivity index (χ3n) is 4.51. The maximum Gasteiger partial charge on any atom is 0.251 e. The largest absolute Gasteiger partial charge is 0.486 e. The molecule has 1 heterocycles.